The molecule has 0 aliphatic carbocycles. The molecule has 1 aromatic heterocycles. The van der Waals surface area contributed by atoms with Crippen LogP contribution in [0.1, 0.15) is 22.3 Å². The van der Waals surface area contributed by atoms with Crippen molar-refractivity contribution in [2.24, 2.45) is 5.16 Å². The van der Waals surface area contributed by atoms with Gasteiger partial charge >= 0.3 is 0 Å². The van der Waals surface area contributed by atoms with E-state index in [0.717, 1.165) is 16.7 Å². The number of aliphatic hydroxyl groups excluding tert-OH is 1. The van der Waals surface area contributed by atoms with E-state index >= 15 is 0 Å². The van der Waals surface area contributed by atoms with Crippen molar-refractivity contribution in [1.29, 1.82) is 0 Å². The smallest absolute Gasteiger partial charge is 0.254 e. The number of aliphatic hydroxyl groups is 1. The number of hydrogen-bond acceptors (Lipinski definition) is 6. The standard InChI is InChI=1S/C27H28N4O4/c1-35-29-24-16-25(27(34)30(14-15-32)18-20-6-3-2-4-7-20)31(19-24)26(33)22-11-9-21(10-12-22)23-8-5-13-28-17-23/h2-13,17,25,32H,14-16,18-19H2,1H3/b29-24-/t25-/m0/s1. The van der Waals surface area contributed by atoms with Gasteiger partial charge in [-0.05, 0) is 34.9 Å². The summed E-state index contributed by atoms with van der Waals surface area (Å²) in [6.45, 7) is 0.540. The van der Waals surface area contributed by atoms with E-state index in [4.69, 9.17) is 4.84 Å². The fraction of sp³-hybridized carbons (Fsp3) is 0.259. The number of carbonyl (C=O) groups is 2. The van der Waals surface area contributed by atoms with Gasteiger partial charge in [-0.2, -0.15) is 0 Å². The highest BCUT2D eigenvalue weighted by Gasteiger charge is 2.40. The summed E-state index contributed by atoms with van der Waals surface area (Å²) in [5.74, 6) is -0.490. The van der Waals surface area contributed by atoms with E-state index in [9.17, 15) is 14.7 Å². The van der Waals surface area contributed by atoms with E-state index in [1.54, 1.807) is 29.4 Å². The predicted molar refractivity (Wildman–Crippen MR) is 133 cm³/mol. The lowest BCUT2D eigenvalue weighted by Crippen LogP contribution is -2.48. The number of nitrogens with zero attached hydrogens (tertiary/aromatic N) is 4. The average Bonchev–Trinajstić information content (AvgIpc) is 3.33. The first-order chi connectivity index (χ1) is 17.1. The molecule has 1 aliphatic rings. The number of amides is 2. The Kier molecular flexibility index (Phi) is 7.84. The van der Waals surface area contributed by atoms with E-state index in [1.807, 2.05) is 54.6 Å². The maximum atomic E-state index is 13.6. The highest BCUT2D eigenvalue weighted by Crippen LogP contribution is 2.24. The van der Waals surface area contributed by atoms with Gasteiger partial charge < -0.3 is 19.7 Å². The molecule has 180 valence electrons. The van der Waals surface area contributed by atoms with Crippen molar-refractivity contribution in [3.63, 3.8) is 0 Å². The van der Waals surface area contributed by atoms with Gasteiger partial charge in [-0.25, -0.2) is 0 Å². The van der Waals surface area contributed by atoms with Crippen LogP contribution in [-0.2, 0) is 16.2 Å². The van der Waals surface area contributed by atoms with Crippen LogP contribution in [0, 0.1) is 0 Å². The molecule has 0 radical (unpaired) electrons. The molecule has 1 aliphatic heterocycles. The highest BCUT2D eigenvalue weighted by molar-refractivity contribution is 6.05. The fourth-order valence-electron chi connectivity index (χ4n) is 4.24. The van der Waals surface area contributed by atoms with Crippen molar-refractivity contribution >= 4 is 17.5 Å². The Morgan fingerprint density at radius 1 is 1.09 bits per heavy atom. The van der Waals surface area contributed by atoms with Crippen LogP contribution < -0.4 is 0 Å². The van der Waals surface area contributed by atoms with Gasteiger partial charge in [0.1, 0.15) is 13.2 Å². The molecular formula is C27H28N4O4. The molecule has 8 heteroatoms. The first-order valence-corrected chi connectivity index (χ1v) is 11.4. The van der Waals surface area contributed by atoms with Crippen LogP contribution in [0.3, 0.4) is 0 Å². The number of rotatable bonds is 8. The van der Waals surface area contributed by atoms with Crippen molar-refractivity contribution in [3.05, 3.63) is 90.3 Å². The summed E-state index contributed by atoms with van der Waals surface area (Å²) >= 11 is 0. The molecule has 2 heterocycles. The number of likely N-dealkylation sites (tertiary alicyclic amines) is 1. The number of benzene rings is 2. The van der Waals surface area contributed by atoms with Crippen LogP contribution in [0.15, 0.2) is 84.3 Å². The first kappa shape index (κ1) is 24.1. The molecule has 2 aromatic carbocycles. The van der Waals surface area contributed by atoms with Gasteiger partial charge in [0, 0.05) is 37.5 Å². The molecule has 1 fully saturated rings. The number of pyridine rings is 1. The molecule has 1 saturated heterocycles. The molecule has 0 unspecified atom stereocenters. The third-order valence-corrected chi connectivity index (χ3v) is 5.95. The minimum Gasteiger partial charge on any atom is -0.399 e. The third-order valence-electron chi connectivity index (χ3n) is 5.95. The summed E-state index contributed by atoms with van der Waals surface area (Å²) in [6, 6.07) is 19.9. The van der Waals surface area contributed by atoms with Crippen molar-refractivity contribution in [3.8, 4) is 11.1 Å². The van der Waals surface area contributed by atoms with Crippen molar-refractivity contribution in [2.75, 3.05) is 26.8 Å². The second-order valence-corrected chi connectivity index (χ2v) is 8.28. The van der Waals surface area contributed by atoms with Crippen molar-refractivity contribution in [2.45, 2.75) is 19.0 Å². The molecule has 1 atom stereocenters. The predicted octanol–water partition coefficient (Wildman–Crippen LogP) is 2.99. The largest absolute Gasteiger partial charge is 0.399 e. The Balaban J connectivity index is 1.57. The third kappa shape index (κ3) is 5.73. The zero-order valence-corrected chi connectivity index (χ0v) is 19.6. The van der Waals surface area contributed by atoms with E-state index in [-0.39, 0.29) is 37.9 Å². The number of hydrogen-bond donors (Lipinski definition) is 1. The minimum atomic E-state index is -0.732. The molecule has 1 N–H and O–H groups in total. The highest BCUT2D eigenvalue weighted by atomic mass is 16.6. The number of oxime groups is 1. The summed E-state index contributed by atoms with van der Waals surface area (Å²) in [6.07, 6.45) is 3.76. The summed E-state index contributed by atoms with van der Waals surface area (Å²) in [5.41, 5.74) is 3.95. The van der Waals surface area contributed by atoms with Gasteiger partial charge in [0.05, 0.1) is 18.9 Å². The normalized spacial score (nSPS) is 16.3. The molecule has 0 saturated carbocycles. The Hall–Kier alpha value is -4.04. The molecule has 3 aromatic rings. The lowest BCUT2D eigenvalue weighted by atomic mass is 10.0. The van der Waals surface area contributed by atoms with Crippen LogP contribution in [-0.4, -0.2) is 70.3 Å². The van der Waals surface area contributed by atoms with Gasteiger partial charge in [-0.15, -0.1) is 0 Å². The monoisotopic (exact) mass is 472 g/mol. The fourth-order valence-corrected chi connectivity index (χ4v) is 4.24. The van der Waals surface area contributed by atoms with E-state index < -0.39 is 6.04 Å². The molecule has 0 bridgehead atoms. The minimum absolute atomic E-state index is 0.169. The quantitative estimate of drug-likeness (QED) is 0.509. The topological polar surface area (TPSA) is 95.3 Å². The lowest BCUT2D eigenvalue weighted by Gasteiger charge is -2.30. The molecule has 4 rings (SSSR count). The number of aromatic nitrogens is 1. The SMILES string of the molecule is CO/N=C1/C[C@@H](C(=O)N(CCO)Cc2ccccc2)N(C(=O)c2ccc(-c3cccnc3)cc2)C1. The van der Waals surface area contributed by atoms with Gasteiger partial charge in [0.2, 0.25) is 5.91 Å². The Bertz CT molecular complexity index is 1170. The summed E-state index contributed by atoms with van der Waals surface area (Å²) in [5, 5.41) is 13.6. The molecule has 2 amide bonds. The summed E-state index contributed by atoms with van der Waals surface area (Å²) < 4.78 is 0. The molecular weight excluding hydrogens is 444 g/mol. The van der Waals surface area contributed by atoms with Crippen molar-refractivity contribution in [1.82, 2.24) is 14.8 Å². The summed E-state index contributed by atoms with van der Waals surface area (Å²) in [7, 11) is 1.44. The first-order valence-electron chi connectivity index (χ1n) is 11.4. The van der Waals surface area contributed by atoms with Crippen LogP contribution in [0.5, 0.6) is 0 Å². The van der Waals surface area contributed by atoms with Crippen molar-refractivity contribution < 1.29 is 19.5 Å². The lowest BCUT2D eigenvalue weighted by molar-refractivity contribution is -0.136. The van der Waals surface area contributed by atoms with Crippen LogP contribution in [0.4, 0.5) is 0 Å². The second kappa shape index (κ2) is 11.4. The van der Waals surface area contributed by atoms with Crippen LogP contribution in [0.25, 0.3) is 11.1 Å². The second-order valence-electron chi connectivity index (χ2n) is 8.28. The molecule has 8 nitrogen and oxygen atoms in total. The number of carbonyl (C=O) groups excluding carboxylic acids is 2. The Morgan fingerprint density at radius 3 is 2.51 bits per heavy atom. The summed E-state index contributed by atoms with van der Waals surface area (Å²) in [4.78, 5) is 39.3. The molecule has 35 heavy (non-hydrogen) atoms. The van der Waals surface area contributed by atoms with E-state index in [2.05, 4.69) is 10.1 Å². The van der Waals surface area contributed by atoms with E-state index in [0.29, 0.717) is 17.8 Å². The zero-order valence-electron chi connectivity index (χ0n) is 19.6. The Morgan fingerprint density at radius 2 is 1.86 bits per heavy atom. The van der Waals surface area contributed by atoms with Gasteiger partial charge in [-0.3, -0.25) is 14.6 Å². The molecule has 0 spiro atoms. The van der Waals surface area contributed by atoms with Gasteiger partial charge in [0.15, 0.2) is 0 Å². The maximum absolute atomic E-state index is 13.6. The van der Waals surface area contributed by atoms with Gasteiger partial charge in [0.25, 0.3) is 5.91 Å². The average molecular weight is 473 g/mol. The van der Waals surface area contributed by atoms with Gasteiger partial charge in [-0.1, -0.05) is 53.7 Å². The maximum Gasteiger partial charge on any atom is 0.254 e. The Labute approximate surface area is 204 Å². The zero-order chi connectivity index (χ0) is 24.6. The van der Waals surface area contributed by atoms with Crippen LogP contribution in [0.2, 0.25) is 0 Å². The van der Waals surface area contributed by atoms with Crippen LogP contribution >= 0.6 is 0 Å². The van der Waals surface area contributed by atoms with E-state index in [1.165, 1.54) is 12.0 Å².